The van der Waals surface area contributed by atoms with Crippen molar-refractivity contribution < 1.29 is 9.90 Å². The highest BCUT2D eigenvalue weighted by Gasteiger charge is 2.56. The maximum absolute atomic E-state index is 12.4. The highest BCUT2D eigenvalue weighted by molar-refractivity contribution is 5.84. The lowest BCUT2D eigenvalue weighted by atomic mass is 9.55. The summed E-state index contributed by atoms with van der Waals surface area (Å²) in [6.45, 7) is 6.21. The molecule has 0 heterocycles. The highest BCUT2D eigenvalue weighted by Crippen LogP contribution is 2.59. The summed E-state index contributed by atoms with van der Waals surface area (Å²) < 4.78 is 0. The Balaban J connectivity index is 1.96. The molecule has 106 valence electrons. The molecular weight excluding hydrogens is 236 g/mol. The average Bonchev–Trinajstić information content (AvgIpc) is 2.69. The van der Waals surface area contributed by atoms with Crippen LogP contribution in [-0.2, 0) is 4.79 Å². The summed E-state index contributed by atoms with van der Waals surface area (Å²) in [5, 5.41) is 10.5. The predicted octanol–water partition coefficient (Wildman–Crippen LogP) is 3.35. The second-order valence-electron chi connectivity index (χ2n) is 7.23. The fourth-order valence-electron chi connectivity index (χ4n) is 5.26. The quantitative estimate of drug-likeness (QED) is 0.736. The van der Waals surface area contributed by atoms with Crippen LogP contribution in [0, 0.1) is 29.1 Å². The Morgan fingerprint density at radius 1 is 1.32 bits per heavy atom. The third kappa shape index (κ3) is 1.99. The lowest BCUT2D eigenvalue weighted by Gasteiger charge is -2.50. The summed E-state index contributed by atoms with van der Waals surface area (Å²) in [5.74, 6) is 2.18. The summed E-state index contributed by atoms with van der Waals surface area (Å²) >= 11 is 0. The van der Waals surface area contributed by atoms with E-state index < -0.39 is 0 Å². The molecule has 3 rings (SSSR count). The molecule has 0 aliphatic heterocycles. The van der Waals surface area contributed by atoms with Gasteiger partial charge in [0.1, 0.15) is 5.78 Å². The third-order valence-electron chi connectivity index (χ3n) is 6.38. The average molecular weight is 262 g/mol. The van der Waals surface area contributed by atoms with Crippen molar-refractivity contribution in [1.29, 1.82) is 0 Å². The van der Waals surface area contributed by atoms with Gasteiger partial charge in [0, 0.05) is 18.3 Å². The van der Waals surface area contributed by atoms with Crippen molar-refractivity contribution in [1.82, 2.24) is 0 Å². The Hall–Kier alpha value is -0.630. The summed E-state index contributed by atoms with van der Waals surface area (Å²) in [4.78, 5) is 12.4. The Morgan fingerprint density at radius 3 is 2.84 bits per heavy atom. The topological polar surface area (TPSA) is 37.3 Å². The van der Waals surface area contributed by atoms with Gasteiger partial charge in [0.25, 0.3) is 0 Å². The van der Waals surface area contributed by atoms with Crippen molar-refractivity contribution in [2.75, 3.05) is 0 Å². The molecule has 3 unspecified atom stereocenters. The van der Waals surface area contributed by atoms with Crippen molar-refractivity contribution >= 4 is 5.78 Å². The van der Waals surface area contributed by atoms with Crippen LogP contribution in [-0.4, -0.2) is 17.0 Å². The molecule has 3 saturated carbocycles. The van der Waals surface area contributed by atoms with Gasteiger partial charge in [0.15, 0.2) is 0 Å². The van der Waals surface area contributed by atoms with E-state index in [1.165, 1.54) is 6.42 Å². The molecule has 0 spiro atoms. The molecule has 0 aromatic rings. The first-order valence-electron chi connectivity index (χ1n) is 7.91. The summed E-state index contributed by atoms with van der Waals surface area (Å²) in [5.41, 5.74) is 0.120. The number of Topliss-reactive ketones (excluding diaryl/α,β-unsaturated/α-hetero) is 1. The zero-order valence-electron chi connectivity index (χ0n) is 12.0. The number of carbonyl (C=O) groups is 1. The van der Waals surface area contributed by atoms with Crippen LogP contribution < -0.4 is 0 Å². The number of hydrogen-bond acceptors (Lipinski definition) is 2. The van der Waals surface area contributed by atoms with E-state index in [2.05, 4.69) is 13.5 Å². The number of aliphatic hydroxyl groups is 1. The summed E-state index contributed by atoms with van der Waals surface area (Å²) in [7, 11) is 0. The normalized spacial score (nSPS) is 50.2. The number of ketones is 1. The zero-order valence-corrected chi connectivity index (χ0v) is 12.0. The fraction of sp³-hybridized carbons (Fsp3) is 0.824. The molecule has 6 atom stereocenters. The smallest absolute Gasteiger partial charge is 0.136 e. The third-order valence-corrected chi connectivity index (χ3v) is 6.38. The van der Waals surface area contributed by atoms with Gasteiger partial charge in [-0.15, -0.1) is 6.58 Å². The Labute approximate surface area is 116 Å². The van der Waals surface area contributed by atoms with Crippen molar-refractivity contribution in [2.24, 2.45) is 29.1 Å². The van der Waals surface area contributed by atoms with Crippen LogP contribution in [0.2, 0.25) is 0 Å². The standard InChI is InChI=1S/C17H26O2/c1-3-12-4-5-13-11(2)6-8-17(10-15(12)19)9-7-14(18)16(13)17/h3,11-13,15-16,19H,1,4-10H2,2H3/t11-,12?,13?,15+,16?,17+/m1/s1. The van der Waals surface area contributed by atoms with Gasteiger partial charge in [0.2, 0.25) is 0 Å². The van der Waals surface area contributed by atoms with E-state index >= 15 is 0 Å². The molecule has 19 heavy (non-hydrogen) atoms. The van der Waals surface area contributed by atoms with E-state index in [9.17, 15) is 9.90 Å². The minimum absolute atomic E-state index is 0.120. The van der Waals surface area contributed by atoms with E-state index in [1.807, 2.05) is 6.08 Å². The first-order chi connectivity index (χ1) is 9.07. The molecule has 0 saturated heterocycles. The Bertz CT molecular complexity index is 389. The largest absolute Gasteiger partial charge is 0.392 e. The van der Waals surface area contributed by atoms with Crippen LogP contribution in [0.3, 0.4) is 0 Å². The maximum atomic E-state index is 12.4. The molecule has 0 aromatic heterocycles. The molecule has 1 N–H and O–H groups in total. The molecule has 0 amide bonds. The number of aliphatic hydroxyl groups excluding tert-OH is 1. The van der Waals surface area contributed by atoms with Crippen LogP contribution in [0.5, 0.6) is 0 Å². The summed E-state index contributed by atoms with van der Waals surface area (Å²) in [6, 6.07) is 0. The lowest BCUT2D eigenvalue weighted by Crippen LogP contribution is -2.46. The van der Waals surface area contributed by atoms with Crippen molar-refractivity contribution in [3.63, 3.8) is 0 Å². The number of hydrogen-bond donors (Lipinski definition) is 1. The van der Waals surface area contributed by atoms with Crippen molar-refractivity contribution in [3.05, 3.63) is 12.7 Å². The van der Waals surface area contributed by atoms with Crippen LogP contribution >= 0.6 is 0 Å². The first kappa shape index (κ1) is 13.4. The van der Waals surface area contributed by atoms with Gasteiger partial charge in [-0.25, -0.2) is 0 Å². The predicted molar refractivity (Wildman–Crippen MR) is 75.6 cm³/mol. The van der Waals surface area contributed by atoms with Gasteiger partial charge in [-0.3, -0.25) is 4.79 Å². The first-order valence-corrected chi connectivity index (χ1v) is 7.91. The van der Waals surface area contributed by atoms with Crippen molar-refractivity contribution in [2.45, 2.75) is 58.0 Å². The molecule has 2 nitrogen and oxygen atoms in total. The van der Waals surface area contributed by atoms with E-state index in [0.717, 1.165) is 38.5 Å². The Morgan fingerprint density at radius 2 is 2.11 bits per heavy atom. The molecule has 2 heteroatoms. The number of rotatable bonds is 1. The maximum Gasteiger partial charge on any atom is 0.136 e. The Kier molecular flexibility index (Phi) is 3.33. The second-order valence-corrected chi connectivity index (χ2v) is 7.23. The molecular formula is C17H26O2. The van der Waals surface area contributed by atoms with Gasteiger partial charge in [-0.05, 0) is 55.8 Å². The molecule has 0 radical (unpaired) electrons. The second kappa shape index (κ2) is 4.73. The van der Waals surface area contributed by atoms with Crippen LogP contribution in [0.15, 0.2) is 12.7 Å². The SMILES string of the molecule is C=CC1CCC2C3C(=O)CC[C@@]3(CC[C@H]2C)C[C@@H]1O. The van der Waals surface area contributed by atoms with Crippen LogP contribution in [0.4, 0.5) is 0 Å². The molecule has 3 aliphatic carbocycles. The van der Waals surface area contributed by atoms with Crippen LogP contribution in [0.1, 0.15) is 51.9 Å². The number of carbonyl (C=O) groups excluding carboxylic acids is 1. The van der Waals surface area contributed by atoms with E-state index in [1.54, 1.807) is 0 Å². The molecule has 3 aliphatic rings. The minimum Gasteiger partial charge on any atom is -0.392 e. The van der Waals surface area contributed by atoms with Crippen molar-refractivity contribution in [3.8, 4) is 0 Å². The van der Waals surface area contributed by atoms with Gasteiger partial charge >= 0.3 is 0 Å². The van der Waals surface area contributed by atoms with Gasteiger partial charge in [-0.1, -0.05) is 13.0 Å². The zero-order chi connectivity index (χ0) is 13.6. The molecule has 3 fully saturated rings. The fourth-order valence-corrected chi connectivity index (χ4v) is 5.26. The summed E-state index contributed by atoms with van der Waals surface area (Å²) in [6.07, 6.45) is 8.69. The molecule has 0 aromatic carbocycles. The van der Waals surface area contributed by atoms with E-state index in [-0.39, 0.29) is 23.4 Å². The minimum atomic E-state index is -0.291. The monoisotopic (exact) mass is 262 g/mol. The van der Waals surface area contributed by atoms with Gasteiger partial charge < -0.3 is 5.11 Å². The van der Waals surface area contributed by atoms with E-state index in [0.29, 0.717) is 17.6 Å². The lowest BCUT2D eigenvalue weighted by molar-refractivity contribution is -0.130. The molecule has 2 bridgehead atoms. The van der Waals surface area contributed by atoms with Crippen LogP contribution in [0.25, 0.3) is 0 Å². The van der Waals surface area contributed by atoms with Gasteiger partial charge in [0.05, 0.1) is 6.10 Å². The van der Waals surface area contributed by atoms with E-state index in [4.69, 9.17) is 0 Å². The highest BCUT2D eigenvalue weighted by atomic mass is 16.3. The van der Waals surface area contributed by atoms with Gasteiger partial charge in [-0.2, -0.15) is 0 Å².